The van der Waals surface area contributed by atoms with Crippen molar-refractivity contribution in [3.05, 3.63) is 75.3 Å². The van der Waals surface area contributed by atoms with Crippen molar-refractivity contribution in [3.8, 4) is 0 Å². The van der Waals surface area contributed by atoms with Crippen molar-refractivity contribution in [2.45, 2.75) is 57.5 Å². The lowest BCUT2D eigenvalue weighted by Gasteiger charge is -2.34. The quantitative estimate of drug-likeness (QED) is 0.427. The van der Waals surface area contributed by atoms with Crippen LogP contribution in [0.1, 0.15) is 66.1 Å². The van der Waals surface area contributed by atoms with E-state index in [0.29, 0.717) is 18.7 Å². The molecule has 0 bridgehead atoms. The third-order valence-electron chi connectivity index (χ3n) is 5.82. The molecular weight excluding hydrogens is 481 g/mol. The smallest absolute Gasteiger partial charge is 0.416 e. The van der Waals surface area contributed by atoms with Crippen molar-refractivity contribution in [2.75, 3.05) is 13.6 Å². The molecule has 0 saturated carbocycles. The fraction of sp³-hybridized carbons (Fsp3) is 0.458. The molecule has 35 heavy (non-hydrogen) atoms. The van der Waals surface area contributed by atoms with Gasteiger partial charge in [0.2, 0.25) is 0 Å². The Morgan fingerprint density at radius 1 is 1.03 bits per heavy atom. The highest BCUT2D eigenvalue weighted by molar-refractivity contribution is 5.66. The highest BCUT2D eigenvalue weighted by Crippen LogP contribution is 2.38. The Kier molecular flexibility index (Phi) is 9.16. The molecule has 2 atom stereocenters. The third-order valence-corrected chi connectivity index (χ3v) is 5.82. The van der Waals surface area contributed by atoms with E-state index in [-0.39, 0.29) is 23.5 Å². The standard InChI is InChI=1S/C13H16FNO2.C11H10F6N/c1-9-8-10(14)5-6-11(9)12-4-2-3-7-15(12)13(16)17;1-6(18-2)7-3-8(10(12,13)14)5-9(4-7)11(15,16)17/h5-6,8,12H,2-4,7H2,1H3,(H,16,17);3-6H,1-2H3/q;-1/t12-;6-/m11/s1. The first-order chi connectivity index (χ1) is 16.1. The van der Waals surface area contributed by atoms with E-state index < -0.39 is 35.6 Å². The zero-order valence-corrected chi connectivity index (χ0v) is 19.3. The summed E-state index contributed by atoms with van der Waals surface area (Å²) in [6, 6.07) is 5.19. The molecule has 0 spiro atoms. The second-order valence-corrected chi connectivity index (χ2v) is 8.26. The second-order valence-electron chi connectivity index (χ2n) is 8.26. The normalized spacial score (nSPS) is 17.4. The SMILES string of the molecule is C[N-][C@H](C)c1cc(C(F)(F)F)cc(C(F)(F)F)c1.Cc1cc(F)ccc1[C@H]1CCCCN1C(=O)O. The molecule has 1 N–H and O–H groups in total. The highest BCUT2D eigenvalue weighted by atomic mass is 19.4. The van der Waals surface area contributed by atoms with Gasteiger partial charge in [-0.25, -0.2) is 9.18 Å². The van der Waals surface area contributed by atoms with Crippen LogP contribution in [0.4, 0.5) is 35.5 Å². The largest absolute Gasteiger partial charge is 0.659 e. The minimum atomic E-state index is -4.82. The van der Waals surface area contributed by atoms with Crippen LogP contribution in [0.5, 0.6) is 0 Å². The number of piperidine rings is 1. The molecule has 194 valence electrons. The maximum absolute atomic E-state index is 13.0. The molecule has 3 rings (SSSR count). The predicted octanol–water partition coefficient (Wildman–Crippen LogP) is 8.13. The molecular formula is C24H26F7N2O2-. The number of alkyl halides is 6. The first kappa shape index (κ1) is 28.4. The monoisotopic (exact) mass is 507 g/mol. The fourth-order valence-electron chi connectivity index (χ4n) is 3.87. The van der Waals surface area contributed by atoms with Crippen LogP contribution in [0.25, 0.3) is 5.32 Å². The molecule has 1 saturated heterocycles. The number of nitrogens with zero attached hydrogens (tertiary/aromatic N) is 2. The number of benzene rings is 2. The molecule has 1 heterocycles. The van der Waals surface area contributed by atoms with Gasteiger partial charge in [-0.15, -0.1) is 6.04 Å². The van der Waals surface area contributed by atoms with Crippen LogP contribution in [0.15, 0.2) is 36.4 Å². The maximum Gasteiger partial charge on any atom is 0.416 e. The Balaban J connectivity index is 0.000000247. The van der Waals surface area contributed by atoms with Gasteiger partial charge in [-0.05, 0) is 67.6 Å². The summed E-state index contributed by atoms with van der Waals surface area (Å²) in [5.74, 6) is -0.274. The van der Waals surface area contributed by atoms with Crippen molar-refractivity contribution in [1.82, 2.24) is 4.90 Å². The number of carboxylic acid groups (broad SMARTS) is 1. The lowest BCUT2D eigenvalue weighted by Crippen LogP contribution is -2.37. The molecule has 0 aromatic heterocycles. The van der Waals surface area contributed by atoms with E-state index in [1.807, 2.05) is 6.92 Å². The molecule has 11 heteroatoms. The van der Waals surface area contributed by atoms with Crippen LogP contribution in [-0.4, -0.2) is 29.7 Å². The van der Waals surface area contributed by atoms with E-state index in [2.05, 4.69) is 5.32 Å². The molecule has 4 nitrogen and oxygen atoms in total. The van der Waals surface area contributed by atoms with Crippen molar-refractivity contribution in [3.63, 3.8) is 0 Å². The molecule has 0 radical (unpaired) electrons. The summed E-state index contributed by atoms with van der Waals surface area (Å²) in [4.78, 5) is 12.6. The van der Waals surface area contributed by atoms with E-state index in [4.69, 9.17) is 5.11 Å². The molecule has 0 unspecified atom stereocenters. The van der Waals surface area contributed by atoms with E-state index >= 15 is 0 Å². The van der Waals surface area contributed by atoms with Gasteiger partial charge in [0.1, 0.15) is 5.82 Å². The summed E-state index contributed by atoms with van der Waals surface area (Å²) >= 11 is 0. The maximum atomic E-state index is 13.0. The van der Waals surface area contributed by atoms with Crippen LogP contribution < -0.4 is 0 Å². The van der Waals surface area contributed by atoms with E-state index in [0.717, 1.165) is 30.4 Å². The predicted molar refractivity (Wildman–Crippen MR) is 117 cm³/mol. The molecule has 1 fully saturated rings. The first-order valence-electron chi connectivity index (χ1n) is 10.8. The molecule has 2 aromatic carbocycles. The van der Waals surface area contributed by atoms with Crippen LogP contribution in [-0.2, 0) is 12.4 Å². The average molecular weight is 507 g/mol. The summed E-state index contributed by atoms with van der Waals surface area (Å²) in [5, 5.41) is 12.8. The Morgan fingerprint density at radius 2 is 1.60 bits per heavy atom. The van der Waals surface area contributed by atoms with Gasteiger partial charge in [0.25, 0.3) is 0 Å². The van der Waals surface area contributed by atoms with Gasteiger partial charge < -0.3 is 15.3 Å². The summed E-state index contributed by atoms with van der Waals surface area (Å²) in [5.41, 5.74) is -0.998. The summed E-state index contributed by atoms with van der Waals surface area (Å²) in [6.45, 7) is 3.82. The van der Waals surface area contributed by atoms with E-state index in [1.54, 1.807) is 6.07 Å². The number of hydrogen-bond acceptors (Lipinski definition) is 1. The summed E-state index contributed by atoms with van der Waals surface area (Å²) in [7, 11) is 1.33. The van der Waals surface area contributed by atoms with Crippen molar-refractivity contribution in [2.24, 2.45) is 0 Å². The second kappa shape index (κ2) is 11.3. The topological polar surface area (TPSA) is 54.6 Å². The highest BCUT2D eigenvalue weighted by Gasteiger charge is 2.36. The Labute approximate surface area is 198 Å². The molecule has 1 aliphatic rings. The molecule has 1 amide bonds. The Morgan fingerprint density at radius 3 is 2.06 bits per heavy atom. The van der Waals surface area contributed by atoms with E-state index in [9.17, 15) is 35.5 Å². The van der Waals surface area contributed by atoms with Gasteiger partial charge in [-0.2, -0.15) is 33.4 Å². The lowest BCUT2D eigenvalue weighted by atomic mass is 9.92. The Bertz CT molecular complexity index is 990. The zero-order valence-electron chi connectivity index (χ0n) is 19.3. The zero-order chi connectivity index (χ0) is 26.6. The van der Waals surface area contributed by atoms with Crippen molar-refractivity contribution < 1.29 is 40.6 Å². The summed E-state index contributed by atoms with van der Waals surface area (Å²) in [6.07, 6.45) is -7.78. The number of carbonyl (C=O) groups is 1. The molecule has 2 aromatic rings. The van der Waals surface area contributed by atoms with Crippen LogP contribution >= 0.6 is 0 Å². The molecule has 1 aliphatic heterocycles. The van der Waals surface area contributed by atoms with Gasteiger partial charge in [0.15, 0.2) is 0 Å². The minimum absolute atomic E-state index is 0.103. The number of hydrogen-bond donors (Lipinski definition) is 1. The fourth-order valence-corrected chi connectivity index (χ4v) is 3.87. The van der Waals surface area contributed by atoms with Gasteiger partial charge >= 0.3 is 18.4 Å². The van der Waals surface area contributed by atoms with Gasteiger partial charge in [-0.1, -0.05) is 18.6 Å². The first-order valence-corrected chi connectivity index (χ1v) is 10.8. The Hall–Kier alpha value is -2.82. The number of amides is 1. The third kappa shape index (κ3) is 7.58. The number of aryl methyl sites for hydroxylation is 1. The molecule has 0 aliphatic carbocycles. The van der Waals surface area contributed by atoms with Crippen LogP contribution in [0.2, 0.25) is 0 Å². The number of halogens is 7. The van der Waals surface area contributed by atoms with Crippen molar-refractivity contribution in [1.29, 1.82) is 0 Å². The lowest BCUT2D eigenvalue weighted by molar-refractivity contribution is -0.143. The number of rotatable bonds is 3. The van der Waals surface area contributed by atoms with Gasteiger partial charge in [0.05, 0.1) is 17.2 Å². The number of likely N-dealkylation sites (tertiary alicyclic amines) is 1. The van der Waals surface area contributed by atoms with Crippen molar-refractivity contribution >= 4 is 6.09 Å². The minimum Gasteiger partial charge on any atom is -0.659 e. The van der Waals surface area contributed by atoms with Gasteiger partial charge in [0, 0.05) is 6.54 Å². The van der Waals surface area contributed by atoms with Crippen LogP contribution in [0, 0.1) is 12.7 Å². The van der Waals surface area contributed by atoms with E-state index in [1.165, 1.54) is 31.0 Å². The summed E-state index contributed by atoms with van der Waals surface area (Å²) < 4.78 is 88.1. The van der Waals surface area contributed by atoms with Crippen LogP contribution in [0.3, 0.4) is 0 Å². The average Bonchev–Trinajstić information content (AvgIpc) is 2.77. The van der Waals surface area contributed by atoms with Gasteiger partial charge in [-0.3, -0.25) is 0 Å².